The van der Waals surface area contributed by atoms with Crippen LogP contribution in [0.3, 0.4) is 0 Å². The van der Waals surface area contributed by atoms with Gasteiger partial charge in [0.15, 0.2) is 0 Å². The average molecular weight is 257 g/mol. The first kappa shape index (κ1) is 621. The Morgan fingerprint density at radius 1 is 0.667 bits per heavy atom. The fourth-order valence-electron chi connectivity index (χ4n) is 0. The van der Waals surface area contributed by atoms with Crippen LogP contribution >= 0.6 is 0 Å². The third-order valence-electron chi connectivity index (χ3n) is 0. The molecule has 0 aliphatic rings. The maximum absolute atomic E-state index is 0. The predicted octanol–water partition coefficient (Wildman–Crippen LogP) is -1.32. The monoisotopic (exact) mass is 257 g/mol. The Kier molecular flexibility index (Phi) is 30700. The van der Waals surface area contributed by atoms with E-state index in [2.05, 4.69) is 0 Å². The summed E-state index contributed by atoms with van der Waals surface area (Å²) >= 11 is 0. The second kappa shape index (κ2) is 444. The van der Waals surface area contributed by atoms with Crippen molar-refractivity contribution in [3.05, 3.63) is 0 Å². The molecule has 0 atom stereocenters. The normalized spacial score (nSPS) is 0. The first-order valence-electron chi connectivity index (χ1n) is 0. The van der Waals surface area contributed by atoms with Crippen molar-refractivity contribution in [1.29, 1.82) is 0 Å². The van der Waals surface area contributed by atoms with Gasteiger partial charge in [0.25, 0.3) is 0 Å². The summed E-state index contributed by atoms with van der Waals surface area (Å²) in [5.41, 5.74) is 0. The van der Waals surface area contributed by atoms with Gasteiger partial charge in [0.2, 0.25) is 0 Å². The Balaban J connectivity index is 0. The molecule has 56 valence electrons. The SMILES string of the molecule is N.O.[Nb+5].[O-2].[O-2].[O-2].[O-2].[OH-].[Ti+4]. The van der Waals surface area contributed by atoms with Crippen LogP contribution < -0.4 is 6.15 Å². The molecule has 0 bridgehead atoms. The smallest absolute Gasteiger partial charge is 2.00 e. The summed E-state index contributed by atoms with van der Waals surface area (Å²) in [6, 6.07) is 0. The quantitative estimate of drug-likeness (QED) is 0.522. The Bertz CT molecular complexity index is 13.0. The Hall–Kier alpha value is 1.17. The van der Waals surface area contributed by atoms with Crippen LogP contribution in [0.25, 0.3) is 0 Å². The van der Waals surface area contributed by atoms with E-state index in [1.807, 2.05) is 0 Å². The minimum atomic E-state index is 0. The van der Waals surface area contributed by atoms with E-state index < -0.39 is 0 Å². The Morgan fingerprint density at radius 3 is 0.667 bits per heavy atom. The van der Waals surface area contributed by atoms with Crippen LogP contribution in [0.1, 0.15) is 0 Å². The number of hydrogen-bond acceptors (Lipinski definition) is 2. The summed E-state index contributed by atoms with van der Waals surface area (Å²) in [5, 5.41) is 0. The van der Waals surface area contributed by atoms with E-state index in [0.29, 0.717) is 0 Å². The van der Waals surface area contributed by atoms with Crippen LogP contribution in [-0.2, 0) is 66.0 Å². The van der Waals surface area contributed by atoms with E-state index >= 15 is 0 Å². The largest absolute Gasteiger partial charge is 5.00 e. The van der Waals surface area contributed by atoms with Crippen LogP contribution in [0.15, 0.2) is 0 Å². The van der Waals surface area contributed by atoms with Crippen molar-refractivity contribution in [1.82, 2.24) is 6.15 Å². The molecule has 0 aliphatic carbocycles. The van der Waals surface area contributed by atoms with E-state index in [-0.39, 0.29) is 83.1 Å². The molecule has 0 saturated carbocycles. The molecule has 0 unspecified atom stereocenters. The molecule has 0 amide bonds. The van der Waals surface area contributed by atoms with Gasteiger partial charge in [-0.3, -0.25) is 0 Å². The molecule has 0 aromatic rings. The van der Waals surface area contributed by atoms with E-state index in [9.17, 15) is 0 Å². The van der Waals surface area contributed by atoms with Crippen LogP contribution in [0.2, 0.25) is 0 Å². The van der Waals surface area contributed by atoms with Gasteiger partial charge in [-0.25, -0.2) is 0 Å². The standard InChI is InChI=1S/H3N.Nb.2H2O.4O.Ti/h1H3;;2*1H2;;;;;/q;+5;;;4*-2;+4/p-1. The molecule has 9 heavy (non-hydrogen) atoms. The maximum atomic E-state index is 0. The molecule has 6 N–H and O–H groups in total. The zero-order valence-corrected chi connectivity index (χ0v) is 7.99. The molecule has 0 saturated heterocycles. The molecule has 0 aromatic heterocycles. The molecule has 0 aromatic carbocycles. The van der Waals surface area contributed by atoms with Crippen LogP contribution in [0.5, 0.6) is 0 Å². The molecule has 0 heterocycles. The van der Waals surface area contributed by atoms with Gasteiger partial charge in [0.05, 0.1) is 0 Å². The zero-order chi connectivity index (χ0) is 0. The van der Waals surface area contributed by atoms with E-state index in [0.717, 1.165) is 0 Å². The van der Waals surface area contributed by atoms with Gasteiger partial charge >= 0.3 is 44.1 Å². The van der Waals surface area contributed by atoms with Crippen molar-refractivity contribution >= 4 is 0 Å². The second-order valence-corrected chi connectivity index (χ2v) is 0. The molecule has 7 nitrogen and oxygen atoms in total. The Labute approximate surface area is 83.0 Å². The molecule has 0 fully saturated rings. The molecule has 9 heteroatoms. The minimum absolute atomic E-state index is 0. The van der Waals surface area contributed by atoms with Crippen molar-refractivity contribution < 1.29 is 77.0 Å². The van der Waals surface area contributed by atoms with Gasteiger partial charge in [-0.1, -0.05) is 0 Å². The van der Waals surface area contributed by atoms with Crippen LogP contribution in [0, 0.1) is 0 Å². The van der Waals surface area contributed by atoms with Crippen molar-refractivity contribution in [2.75, 3.05) is 0 Å². The van der Waals surface area contributed by atoms with Gasteiger partial charge in [-0.15, -0.1) is 0 Å². The minimum Gasteiger partial charge on any atom is -2.00 e. The molecule has 0 aliphatic heterocycles. The first-order chi connectivity index (χ1) is 0. The molecule has 0 spiro atoms. The number of hydrogen-bond donors (Lipinski definition) is 1. The fourth-order valence-corrected chi connectivity index (χ4v) is 0. The van der Waals surface area contributed by atoms with Crippen molar-refractivity contribution in [3.8, 4) is 0 Å². The molecule has 0 radical (unpaired) electrons. The summed E-state index contributed by atoms with van der Waals surface area (Å²) < 4.78 is 0. The van der Waals surface area contributed by atoms with Crippen LogP contribution in [-0.4, -0.2) is 11.0 Å². The summed E-state index contributed by atoms with van der Waals surface area (Å²) in [5.74, 6) is 0. The summed E-state index contributed by atoms with van der Waals surface area (Å²) in [6.45, 7) is 0. The van der Waals surface area contributed by atoms with Crippen molar-refractivity contribution in [2.24, 2.45) is 0 Å². The topological polar surface area (TPSA) is 210 Å². The third-order valence-corrected chi connectivity index (χ3v) is 0. The number of rotatable bonds is 0. The summed E-state index contributed by atoms with van der Waals surface area (Å²) in [4.78, 5) is 0. The molecule has 0 rings (SSSR count). The van der Waals surface area contributed by atoms with Gasteiger partial charge in [0.1, 0.15) is 0 Å². The maximum Gasteiger partial charge on any atom is 5.00 e. The van der Waals surface area contributed by atoms with Gasteiger partial charge in [-0.2, -0.15) is 0 Å². The molecular formula is H6NNbO6Ti. The summed E-state index contributed by atoms with van der Waals surface area (Å²) in [7, 11) is 0. The van der Waals surface area contributed by atoms with Crippen LogP contribution in [0.4, 0.5) is 0 Å². The van der Waals surface area contributed by atoms with Crippen molar-refractivity contribution in [2.45, 2.75) is 0 Å². The second-order valence-electron chi connectivity index (χ2n) is 0. The summed E-state index contributed by atoms with van der Waals surface area (Å²) in [6.07, 6.45) is 0. The Morgan fingerprint density at radius 2 is 0.667 bits per heavy atom. The predicted molar refractivity (Wildman–Crippen MR) is 13.3 cm³/mol. The van der Waals surface area contributed by atoms with Gasteiger partial charge in [-0.05, 0) is 0 Å². The van der Waals surface area contributed by atoms with Gasteiger partial charge < -0.3 is 39.0 Å². The average Bonchev–Trinajstić information content (AvgIpc) is 0. The van der Waals surface area contributed by atoms with E-state index in [1.165, 1.54) is 0 Å². The van der Waals surface area contributed by atoms with E-state index in [4.69, 9.17) is 0 Å². The molecular weight excluding hydrogens is 251 g/mol. The van der Waals surface area contributed by atoms with Gasteiger partial charge in [0, 0.05) is 0 Å². The zero-order valence-electron chi connectivity index (χ0n) is 4.23. The van der Waals surface area contributed by atoms with E-state index in [1.54, 1.807) is 0 Å². The first-order valence-corrected chi connectivity index (χ1v) is 0. The van der Waals surface area contributed by atoms with Crippen molar-refractivity contribution in [3.63, 3.8) is 0 Å². The fraction of sp³-hybridized carbons (Fsp3) is 0. The third kappa shape index (κ3) is 342.